The number of hydrogen-bond acceptors (Lipinski definition) is 3. The first-order valence-corrected chi connectivity index (χ1v) is 4.18. The molecule has 4 N–H and O–H groups in total. The van der Waals surface area contributed by atoms with Crippen molar-refractivity contribution in [1.29, 1.82) is 0 Å². The summed E-state index contributed by atoms with van der Waals surface area (Å²) in [7, 11) is 0. The molecular formula is C8H16N2O3. The van der Waals surface area contributed by atoms with Gasteiger partial charge in [0.25, 0.3) is 0 Å². The summed E-state index contributed by atoms with van der Waals surface area (Å²) < 4.78 is 0. The highest BCUT2D eigenvalue weighted by molar-refractivity contribution is 5.84. The molecule has 0 aliphatic heterocycles. The second-order valence-electron chi connectivity index (χ2n) is 3.35. The Morgan fingerprint density at radius 3 is 2.38 bits per heavy atom. The van der Waals surface area contributed by atoms with Crippen LogP contribution in [0, 0.1) is 5.92 Å². The topological polar surface area (TPSA) is 92.4 Å². The van der Waals surface area contributed by atoms with Crippen LogP contribution in [0.15, 0.2) is 0 Å². The van der Waals surface area contributed by atoms with E-state index in [1.54, 1.807) is 0 Å². The number of carboxylic acid groups (broad SMARTS) is 1. The molecule has 13 heavy (non-hydrogen) atoms. The lowest BCUT2D eigenvalue weighted by atomic mass is 10.0. The molecule has 0 unspecified atom stereocenters. The van der Waals surface area contributed by atoms with Gasteiger partial charge in [0, 0.05) is 0 Å². The Balaban J connectivity index is 3.76. The summed E-state index contributed by atoms with van der Waals surface area (Å²) in [6.45, 7) is 3.53. The largest absolute Gasteiger partial charge is 0.480 e. The highest BCUT2D eigenvalue weighted by Crippen LogP contribution is 2.01. The van der Waals surface area contributed by atoms with Crippen LogP contribution in [0.5, 0.6) is 0 Å². The van der Waals surface area contributed by atoms with Crippen molar-refractivity contribution in [2.45, 2.75) is 26.3 Å². The molecule has 0 bridgehead atoms. The molecule has 0 aromatic carbocycles. The minimum absolute atomic E-state index is 0.325. The molecular weight excluding hydrogens is 172 g/mol. The molecule has 0 spiro atoms. The Morgan fingerprint density at radius 2 is 2.00 bits per heavy atom. The van der Waals surface area contributed by atoms with Crippen molar-refractivity contribution in [3.63, 3.8) is 0 Å². The standard InChI is InChI=1S/C8H16N2O3/c1-5(2)3-6(9)8(13)10-4-7(11)12/h5-6H,3-4,9H2,1-2H3,(H,10,13)(H,11,12)/t6-/m0/s1. The summed E-state index contributed by atoms with van der Waals surface area (Å²) in [5.41, 5.74) is 5.50. The van der Waals surface area contributed by atoms with Gasteiger partial charge in [-0.15, -0.1) is 0 Å². The lowest BCUT2D eigenvalue weighted by molar-refractivity contribution is -0.138. The first kappa shape index (κ1) is 11.9. The van der Waals surface area contributed by atoms with Crippen molar-refractivity contribution in [3.05, 3.63) is 0 Å². The fourth-order valence-corrected chi connectivity index (χ4v) is 0.909. The Morgan fingerprint density at radius 1 is 1.46 bits per heavy atom. The monoisotopic (exact) mass is 188 g/mol. The predicted molar refractivity (Wildman–Crippen MR) is 48.1 cm³/mol. The normalized spacial score (nSPS) is 12.6. The number of amides is 1. The van der Waals surface area contributed by atoms with Crippen molar-refractivity contribution in [3.8, 4) is 0 Å². The number of carbonyl (C=O) groups excluding carboxylic acids is 1. The third-order valence-corrected chi connectivity index (χ3v) is 1.48. The van der Waals surface area contributed by atoms with Crippen LogP contribution in [0.4, 0.5) is 0 Å². The van der Waals surface area contributed by atoms with Gasteiger partial charge in [-0.25, -0.2) is 0 Å². The summed E-state index contributed by atoms with van der Waals surface area (Å²) in [5, 5.41) is 10.5. The Hall–Kier alpha value is -1.10. The number of nitrogens with one attached hydrogen (secondary N) is 1. The molecule has 76 valence electrons. The van der Waals surface area contributed by atoms with Crippen molar-refractivity contribution < 1.29 is 14.7 Å². The van der Waals surface area contributed by atoms with Gasteiger partial charge >= 0.3 is 5.97 Å². The van der Waals surface area contributed by atoms with Crippen LogP contribution >= 0.6 is 0 Å². The van der Waals surface area contributed by atoms with Crippen LogP contribution < -0.4 is 11.1 Å². The summed E-state index contributed by atoms with van der Waals surface area (Å²) in [4.78, 5) is 21.2. The van der Waals surface area contributed by atoms with Crippen LogP contribution in [-0.4, -0.2) is 29.6 Å². The van der Waals surface area contributed by atoms with E-state index in [-0.39, 0.29) is 6.54 Å². The first-order chi connectivity index (χ1) is 5.93. The SMILES string of the molecule is CC(C)C[C@H](N)C(=O)NCC(=O)O. The molecule has 0 aromatic heterocycles. The molecule has 1 amide bonds. The first-order valence-electron chi connectivity index (χ1n) is 4.18. The van der Waals surface area contributed by atoms with E-state index in [0.29, 0.717) is 12.3 Å². The molecule has 0 aromatic rings. The fourth-order valence-electron chi connectivity index (χ4n) is 0.909. The number of carboxylic acids is 1. The molecule has 0 aliphatic rings. The lowest BCUT2D eigenvalue weighted by Crippen LogP contribution is -2.43. The number of rotatable bonds is 5. The predicted octanol–water partition coefficient (Wildman–Crippen LogP) is -0.439. The van der Waals surface area contributed by atoms with E-state index in [1.807, 2.05) is 13.8 Å². The summed E-state index contributed by atoms with van der Waals surface area (Å²) in [6.07, 6.45) is 0.561. The van der Waals surface area contributed by atoms with Gasteiger partial charge < -0.3 is 16.2 Å². The average Bonchev–Trinajstić information content (AvgIpc) is 1.98. The maximum Gasteiger partial charge on any atom is 0.322 e. The summed E-state index contributed by atoms with van der Waals surface area (Å²) >= 11 is 0. The molecule has 0 saturated carbocycles. The highest BCUT2D eigenvalue weighted by Gasteiger charge is 2.14. The zero-order valence-corrected chi connectivity index (χ0v) is 7.91. The molecule has 5 nitrogen and oxygen atoms in total. The van der Waals surface area contributed by atoms with E-state index in [1.165, 1.54) is 0 Å². The molecule has 0 radical (unpaired) electrons. The van der Waals surface area contributed by atoms with Crippen molar-refractivity contribution in [2.24, 2.45) is 11.7 Å². The Bertz CT molecular complexity index is 192. The van der Waals surface area contributed by atoms with Crippen LogP contribution in [-0.2, 0) is 9.59 Å². The number of hydrogen-bond donors (Lipinski definition) is 3. The molecule has 0 saturated heterocycles. The second kappa shape index (κ2) is 5.53. The zero-order chi connectivity index (χ0) is 10.4. The fraction of sp³-hybridized carbons (Fsp3) is 0.750. The third kappa shape index (κ3) is 6.10. The van der Waals surface area contributed by atoms with Crippen molar-refractivity contribution in [1.82, 2.24) is 5.32 Å². The van der Waals surface area contributed by atoms with Crippen LogP contribution in [0.3, 0.4) is 0 Å². The van der Waals surface area contributed by atoms with Gasteiger partial charge in [-0.2, -0.15) is 0 Å². The highest BCUT2D eigenvalue weighted by atomic mass is 16.4. The van der Waals surface area contributed by atoms with Gasteiger partial charge in [0.2, 0.25) is 5.91 Å². The molecule has 5 heteroatoms. The minimum atomic E-state index is -1.06. The van der Waals surface area contributed by atoms with E-state index in [4.69, 9.17) is 10.8 Å². The Kier molecular flexibility index (Phi) is 5.06. The minimum Gasteiger partial charge on any atom is -0.480 e. The molecule has 0 fully saturated rings. The maximum absolute atomic E-state index is 11.1. The molecule has 0 rings (SSSR count). The van der Waals surface area contributed by atoms with E-state index in [0.717, 1.165) is 0 Å². The lowest BCUT2D eigenvalue weighted by Gasteiger charge is -2.12. The van der Waals surface area contributed by atoms with Gasteiger partial charge in [0.15, 0.2) is 0 Å². The number of aliphatic carboxylic acids is 1. The smallest absolute Gasteiger partial charge is 0.322 e. The van der Waals surface area contributed by atoms with Gasteiger partial charge in [-0.1, -0.05) is 13.8 Å². The number of nitrogens with two attached hydrogens (primary N) is 1. The number of carbonyl (C=O) groups is 2. The summed E-state index contributed by atoms with van der Waals surface area (Å²) in [5.74, 6) is -1.15. The van der Waals surface area contributed by atoms with Crippen molar-refractivity contribution in [2.75, 3.05) is 6.54 Å². The molecule has 1 atom stereocenters. The van der Waals surface area contributed by atoms with E-state index < -0.39 is 17.9 Å². The van der Waals surface area contributed by atoms with Gasteiger partial charge in [-0.05, 0) is 12.3 Å². The summed E-state index contributed by atoms with van der Waals surface area (Å²) in [6, 6.07) is -0.612. The van der Waals surface area contributed by atoms with Gasteiger partial charge in [0.1, 0.15) is 6.54 Å². The maximum atomic E-state index is 11.1. The van der Waals surface area contributed by atoms with E-state index >= 15 is 0 Å². The average molecular weight is 188 g/mol. The zero-order valence-electron chi connectivity index (χ0n) is 7.91. The van der Waals surface area contributed by atoms with E-state index in [9.17, 15) is 9.59 Å². The van der Waals surface area contributed by atoms with E-state index in [2.05, 4.69) is 5.32 Å². The van der Waals surface area contributed by atoms with Gasteiger partial charge in [0.05, 0.1) is 6.04 Å². The van der Waals surface area contributed by atoms with Crippen LogP contribution in [0.25, 0.3) is 0 Å². The molecule has 0 heterocycles. The molecule has 0 aliphatic carbocycles. The van der Waals surface area contributed by atoms with Crippen LogP contribution in [0.1, 0.15) is 20.3 Å². The third-order valence-electron chi connectivity index (χ3n) is 1.48. The van der Waals surface area contributed by atoms with Crippen LogP contribution in [0.2, 0.25) is 0 Å². The van der Waals surface area contributed by atoms with Gasteiger partial charge in [-0.3, -0.25) is 9.59 Å². The van der Waals surface area contributed by atoms with Crippen molar-refractivity contribution >= 4 is 11.9 Å². The second-order valence-corrected chi connectivity index (χ2v) is 3.35. The quantitative estimate of drug-likeness (QED) is 0.545. The Labute approximate surface area is 77.3 Å².